The highest BCUT2D eigenvalue weighted by molar-refractivity contribution is 7.98. The lowest BCUT2D eigenvalue weighted by molar-refractivity contribution is 0.262. The van der Waals surface area contributed by atoms with Crippen molar-refractivity contribution in [2.45, 2.75) is 17.6 Å². The molecule has 2 aromatic heterocycles. The molecule has 2 amide bonds. The number of nitrogens with zero attached hydrogens (tertiary/aromatic N) is 2. The summed E-state index contributed by atoms with van der Waals surface area (Å²) in [6, 6.07) is 19.6. The van der Waals surface area contributed by atoms with Gasteiger partial charge in [-0.25, -0.2) is 9.78 Å². The highest BCUT2D eigenvalue weighted by Gasteiger charge is 2.08. The van der Waals surface area contributed by atoms with Crippen LogP contribution in [-0.4, -0.2) is 15.6 Å². The fourth-order valence-corrected chi connectivity index (χ4v) is 3.55. The lowest BCUT2D eigenvalue weighted by atomic mass is 10.3. The molecule has 0 unspecified atom stereocenters. The van der Waals surface area contributed by atoms with Gasteiger partial charge >= 0.3 is 6.03 Å². The van der Waals surface area contributed by atoms with Gasteiger partial charge in [0.2, 0.25) is 0 Å². The first-order valence-electron chi connectivity index (χ1n) is 8.92. The average Bonchev–Trinajstić information content (AvgIpc) is 3.09. The Bertz CT molecular complexity index is 1200. The number of aromatic nitrogens is 2. The smallest absolute Gasteiger partial charge is 0.323 e. The van der Waals surface area contributed by atoms with Crippen LogP contribution < -0.4 is 16.2 Å². The molecule has 0 fully saturated rings. The Labute approximate surface area is 170 Å². The predicted octanol–water partition coefficient (Wildman–Crippen LogP) is 4.53. The van der Waals surface area contributed by atoms with Crippen LogP contribution in [0.25, 0.3) is 5.65 Å². The number of thioether (sulfide) groups is 1. The number of benzene rings is 2. The molecule has 8 heteroatoms. The summed E-state index contributed by atoms with van der Waals surface area (Å²) < 4.78 is 6.48. The number of nitrogens with one attached hydrogen (secondary N) is 2. The third kappa shape index (κ3) is 4.67. The minimum atomic E-state index is -0.301. The molecule has 0 spiro atoms. The van der Waals surface area contributed by atoms with Crippen molar-refractivity contribution in [1.29, 1.82) is 0 Å². The molecule has 146 valence electrons. The van der Waals surface area contributed by atoms with Crippen LogP contribution in [0.2, 0.25) is 0 Å². The molecule has 2 aromatic carbocycles. The van der Waals surface area contributed by atoms with Gasteiger partial charge in [-0.3, -0.25) is 4.79 Å². The molecule has 0 aliphatic rings. The number of carbonyl (C=O) groups excluding carboxylic acids is 1. The number of amides is 2. The van der Waals surface area contributed by atoms with E-state index in [1.54, 1.807) is 24.8 Å². The fraction of sp³-hybridized carbons (Fsp3) is 0.0952. The zero-order valence-corrected chi connectivity index (χ0v) is 16.4. The predicted molar refractivity (Wildman–Crippen MR) is 114 cm³/mol. The Balaban J connectivity index is 1.36. The number of carbonyl (C=O) groups is 1. The summed E-state index contributed by atoms with van der Waals surface area (Å²) in [4.78, 5) is 29.6. The van der Waals surface area contributed by atoms with E-state index in [4.69, 9.17) is 4.52 Å². The van der Waals surface area contributed by atoms with Gasteiger partial charge in [-0.05, 0) is 43.3 Å². The van der Waals surface area contributed by atoms with E-state index in [0.717, 1.165) is 10.6 Å². The first-order chi connectivity index (χ1) is 14.1. The number of rotatable bonds is 5. The fourth-order valence-electron chi connectivity index (χ4n) is 2.75. The summed E-state index contributed by atoms with van der Waals surface area (Å²) in [6.07, 6.45) is 0. The number of para-hydroxylation sites is 1. The molecule has 0 bridgehead atoms. The Morgan fingerprint density at radius 2 is 1.72 bits per heavy atom. The van der Waals surface area contributed by atoms with Gasteiger partial charge in [0, 0.05) is 34.2 Å². The van der Waals surface area contributed by atoms with Crippen molar-refractivity contribution in [2.24, 2.45) is 0 Å². The molecule has 2 heterocycles. The van der Waals surface area contributed by atoms with Gasteiger partial charge in [0.1, 0.15) is 5.76 Å². The summed E-state index contributed by atoms with van der Waals surface area (Å²) in [5.41, 5.74) is 2.38. The van der Waals surface area contributed by atoms with Gasteiger partial charge in [-0.2, -0.15) is 0 Å². The van der Waals surface area contributed by atoms with Crippen molar-refractivity contribution in [2.75, 3.05) is 10.6 Å². The van der Waals surface area contributed by atoms with Crippen molar-refractivity contribution in [1.82, 2.24) is 9.56 Å². The van der Waals surface area contributed by atoms with E-state index < -0.39 is 0 Å². The molecular weight excluding hydrogens is 388 g/mol. The Morgan fingerprint density at radius 3 is 2.45 bits per heavy atom. The maximum atomic E-state index is 12.1. The SMILES string of the molecule is Cc1cc2nc(CSc3ccc(NC(=O)Nc4ccccc4)cc3)cc(=O)n2o1. The molecule has 2 N–H and O–H groups in total. The molecule has 0 saturated heterocycles. The summed E-state index contributed by atoms with van der Waals surface area (Å²) >= 11 is 1.56. The number of anilines is 2. The maximum Gasteiger partial charge on any atom is 0.323 e. The average molecular weight is 406 g/mol. The number of hydrogen-bond acceptors (Lipinski definition) is 5. The number of aryl methyl sites for hydroxylation is 1. The van der Waals surface area contributed by atoms with E-state index in [1.807, 2.05) is 54.6 Å². The van der Waals surface area contributed by atoms with Crippen molar-refractivity contribution >= 4 is 34.8 Å². The summed E-state index contributed by atoms with van der Waals surface area (Å²) in [6.45, 7) is 1.78. The van der Waals surface area contributed by atoms with E-state index in [1.165, 1.54) is 10.6 Å². The molecule has 0 aliphatic carbocycles. The molecule has 0 saturated carbocycles. The zero-order valence-electron chi connectivity index (χ0n) is 15.6. The van der Waals surface area contributed by atoms with Gasteiger partial charge < -0.3 is 15.2 Å². The van der Waals surface area contributed by atoms with Gasteiger partial charge in [0.05, 0.1) is 5.69 Å². The Hall–Kier alpha value is -3.52. The molecule has 0 radical (unpaired) electrons. The van der Waals surface area contributed by atoms with E-state index in [2.05, 4.69) is 15.6 Å². The molecule has 0 aliphatic heterocycles. The lowest BCUT2D eigenvalue weighted by Crippen LogP contribution is -2.19. The quantitative estimate of drug-likeness (QED) is 0.475. The van der Waals surface area contributed by atoms with E-state index in [0.29, 0.717) is 28.5 Å². The van der Waals surface area contributed by atoms with Crippen LogP contribution in [0.4, 0.5) is 16.2 Å². The van der Waals surface area contributed by atoms with Crippen LogP contribution >= 0.6 is 11.8 Å². The first kappa shape index (κ1) is 18.8. The van der Waals surface area contributed by atoms with Crippen molar-refractivity contribution in [3.63, 3.8) is 0 Å². The van der Waals surface area contributed by atoms with Gasteiger partial charge in [0.25, 0.3) is 5.56 Å². The third-order valence-electron chi connectivity index (χ3n) is 4.05. The summed E-state index contributed by atoms with van der Waals surface area (Å²) in [7, 11) is 0. The van der Waals surface area contributed by atoms with Crippen LogP contribution in [0.1, 0.15) is 11.5 Å². The van der Waals surface area contributed by atoms with E-state index in [9.17, 15) is 9.59 Å². The second-order valence-corrected chi connectivity index (χ2v) is 7.39. The van der Waals surface area contributed by atoms with Gasteiger partial charge in [0.15, 0.2) is 5.65 Å². The summed E-state index contributed by atoms with van der Waals surface area (Å²) in [5, 5.41) is 5.57. The maximum absolute atomic E-state index is 12.1. The molecule has 29 heavy (non-hydrogen) atoms. The van der Waals surface area contributed by atoms with Gasteiger partial charge in [-0.15, -0.1) is 16.3 Å². The standard InChI is InChI=1S/C21H18N4O3S/c1-14-11-19-22-17(12-20(26)25(19)28-14)13-29-18-9-7-16(8-10-18)24-21(27)23-15-5-3-2-4-6-15/h2-12H,13H2,1H3,(H2,23,24,27). The highest BCUT2D eigenvalue weighted by atomic mass is 32.2. The van der Waals surface area contributed by atoms with Crippen molar-refractivity contribution in [3.8, 4) is 0 Å². The van der Waals surface area contributed by atoms with Gasteiger partial charge in [-0.1, -0.05) is 18.2 Å². The monoisotopic (exact) mass is 406 g/mol. The second kappa shape index (κ2) is 8.24. The topological polar surface area (TPSA) is 88.6 Å². The first-order valence-corrected chi connectivity index (χ1v) is 9.91. The van der Waals surface area contributed by atoms with Crippen LogP contribution in [0.5, 0.6) is 0 Å². The van der Waals surface area contributed by atoms with E-state index in [-0.39, 0.29) is 11.6 Å². The van der Waals surface area contributed by atoms with Crippen LogP contribution in [0.3, 0.4) is 0 Å². The third-order valence-corrected chi connectivity index (χ3v) is 5.10. The van der Waals surface area contributed by atoms with Crippen molar-refractivity contribution in [3.05, 3.63) is 88.5 Å². The Morgan fingerprint density at radius 1 is 1.03 bits per heavy atom. The Kier molecular flexibility index (Phi) is 5.35. The number of hydrogen-bond donors (Lipinski definition) is 2. The zero-order chi connectivity index (χ0) is 20.2. The van der Waals surface area contributed by atoms with E-state index >= 15 is 0 Å². The second-order valence-electron chi connectivity index (χ2n) is 6.34. The minimum absolute atomic E-state index is 0.234. The minimum Gasteiger partial charge on any atom is -0.375 e. The number of urea groups is 1. The lowest BCUT2D eigenvalue weighted by Gasteiger charge is -2.08. The largest absolute Gasteiger partial charge is 0.375 e. The summed E-state index contributed by atoms with van der Waals surface area (Å²) in [5.74, 6) is 1.19. The molecule has 4 rings (SSSR count). The van der Waals surface area contributed by atoms with Crippen LogP contribution in [-0.2, 0) is 5.75 Å². The molecule has 0 atom stereocenters. The molecular formula is C21H18N4O3S. The molecule has 4 aromatic rings. The normalized spacial score (nSPS) is 10.8. The van der Waals surface area contributed by atoms with Crippen molar-refractivity contribution < 1.29 is 9.32 Å². The highest BCUT2D eigenvalue weighted by Crippen LogP contribution is 2.23. The van der Waals surface area contributed by atoms with Crippen LogP contribution in [0, 0.1) is 6.92 Å². The van der Waals surface area contributed by atoms with Crippen LogP contribution in [0.15, 0.2) is 80.9 Å². The molecule has 7 nitrogen and oxygen atoms in total. The number of fused-ring (bicyclic) bond motifs is 1.